The van der Waals surface area contributed by atoms with Crippen LogP contribution in [0.2, 0.25) is 0 Å². The summed E-state index contributed by atoms with van der Waals surface area (Å²) < 4.78 is 10.8. The van der Waals surface area contributed by atoms with Crippen molar-refractivity contribution in [3.8, 4) is 22.8 Å². The van der Waals surface area contributed by atoms with Crippen molar-refractivity contribution < 1.29 is 9.47 Å². The summed E-state index contributed by atoms with van der Waals surface area (Å²) in [7, 11) is 0. The predicted molar refractivity (Wildman–Crippen MR) is 99.0 cm³/mol. The zero-order valence-electron chi connectivity index (χ0n) is 15.0. The summed E-state index contributed by atoms with van der Waals surface area (Å²) in [4.78, 5) is 1.78. The molecule has 0 fully saturated rings. The molecule has 2 aromatic carbocycles. The normalized spacial score (nSPS) is 12.7. The Bertz CT molecular complexity index is 890. The molecule has 1 aliphatic heterocycles. The van der Waals surface area contributed by atoms with E-state index in [0.29, 0.717) is 13.3 Å². The predicted octanol–water partition coefficient (Wildman–Crippen LogP) is 3.54. The van der Waals surface area contributed by atoms with Crippen LogP contribution in [0.5, 0.6) is 11.5 Å². The lowest BCUT2D eigenvalue weighted by Gasteiger charge is -2.06. The lowest BCUT2D eigenvalue weighted by molar-refractivity contribution is 0.174. The van der Waals surface area contributed by atoms with Crippen molar-refractivity contribution in [2.75, 3.05) is 6.79 Å². The summed E-state index contributed by atoms with van der Waals surface area (Å²) in [6.45, 7) is 5.83. The Kier molecular flexibility index (Phi) is 4.58. The van der Waals surface area contributed by atoms with Crippen molar-refractivity contribution in [3.05, 3.63) is 59.8 Å². The van der Waals surface area contributed by atoms with Crippen LogP contribution in [0.1, 0.15) is 31.1 Å². The molecule has 0 atom stereocenters. The molecule has 2 heterocycles. The summed E-state index contributed by atoms with van der Waals surface area (Å²) in [6, 6.07) is 16.4. The Morgan fingerprint density at radius 1 is 1.00 bits per heavy atom. The molecule has 6 heteroatoms. The molecule has 1 N–H and O–H groups in total. The number of aromatic nitrogens is 3. The topological polar surface area (TPSA) is 61.2 Å². The van der Waals surface area contributed by atoms with Gasteiger partial charge in [-0.1, -0.05) is 36.4 Å². The average molecular weight is 350 g/mol. The van der Waals surface area contributed by atoms with Gasteiger partial charge in [0.2, 0.25) is 6.79 Å². The Morgan fingerprint density at radius 2 is 1.81 bits per heavy atom. The second kappa shape index (κ2) is 7.17. The zero-order valence-corrected chi connectivity index (χ0v) is 15.0. The van der Waals surface area contributed by atoms with Crippen LogP contribution in [-0.2, 0) is 13.1 Å². The first-order chi connectivity index (χ1) is 12.7. The van der Waals surface area contributed by atoms with Gasteiger partial charge in [-0.05, 0) is 31.5 Å². The van der Waals surface area contributed by atoms with Crippen LogP contribution in [0.4, 0.5) is 0 Å². The van der Waals surface area contributed by atoms with Gasteiger partial charge < -0.3 is 14.8 Å². The maximum Gasteiger partial charge on any atom is 0.231 e. The van der Waals surface area contributed by atoms with Gasteiger partial charge in [-0.15, -0.1) is 0 Å². The van der Waals surface area contributed by atoms with Gasteiger partial charge >= 0.3 is 0 Å². The van der Waals surface area contributed by atoms with E-state index in [9.17, 15) is 0 Å². The smallest absolute Gasteiger partial charge is 0.231 e. The molecule has 0 saturated carbocycles. The number of nitrogens with zero attached hydrogens (tertiary/aromatic N) is 3. The highest BCUT2D eigenvalue weighted by atomic mass is 16.7. The summed E-state index contributed by atoms with van der Waals surface area (Å²) >= 11 is 0. The molecule has 134 valence electrons. The zero-order chi connectivity index (χ0) is 17.9. The second-order valence-corrected chi connectivity index (χ2v) is 6.57. The summed E-state index contributed by atoms with van der Waals surface area (Å²) in [6.07, 6.45) is 0. The lowest BCUT2D eigenvalue weighted by Crippen LogP contribution is -2.14. The Balaban J connectivity index is 1.49. The molecule has 0 saturated heterocycles. The molecular formula is C20H22N4O2. The first kappa shape index (κ1) is 16.6. The van der Waals surface area contributed by atoms with Crippen LogP contribution in [0.3, 0.4) is 0 Å². The average Bonchev–Trinajstić information content (AvgIpc) is 3.29. The number of hydrogen-bond donors (Lipinski definition) is 1. The number of hydrogen-bond acceptors (Lipinski definition) is 5. The largest absolute Gasteiger partial charge is 0.454 e. The minimum absolute atomic E-state index is 0.222. The minimum Gasteiger partial charge on any atom is -0.454 e. The van der Waals surface area contributed by atoms with Gasteiger partial charge in [-0.25, -0.2) is 0 Å². The van der Waals surface area contributed by atoms with Gasteiger partial charge in [0.15, 0.2) is 11.5 Å². The number of ether oxygens (including phenoxy) is 2. The van der Waals surface area contributed by atoms with Crippen LogP contribution >= 0.6 is 0 Å². The van der Waals surface area contributed by atoms with E-state index in [1.54, 1.807) is 4.80 Å². The molecule has 1 aliphatic rings. The van der Waals surface area contributed by atoms with E-state index < -0.39 is 0 Å². The van der Waals surface area contributed by atoms with Crippen LogP contribution in [0.25, 0.3) is 11.3 Å². The minimum atomic E-state index is 0.222. The fourth-order valence-electron chi connectivity index (χ4n) is 2.90. The van der Waals surface area contributed by atoms with E-state index in [0.717, 1.165) is 40.6 Å². The van der Waals surface area contributed by atoms with Crippen molar-refractivity contribution in [2.24, 2.45) is 0 Å². The summed E-state index contributed by atoms with van der Waals surface area (Å²) in [5, 5.41) is 12.8. The fourth-order valence-corrected chi connectivity index (χ4v) is 2.90. The van der Waals surface area contributed by atoms with Gasteiger partial charge in [0.05, 0.1) is 6.04 Å². The highest BCUT2D eigenvalue weighted by molar-refractivity contribution is 5.60. The first-order valence-electron chi connectivity index (χ1n) is 8.81. The molecule has 3 aromatic rings. The molecule has 1 aromatic heterocycles. The third-order valence-electron chi connectivity index (χ3n) is 4.27. The van der Waals surface area contributed by atoms with E-state index in [-0.39, 0.29) is 6.04 Å². The van der Waals surface area contributed by atoms with Crippen molar-refractivity contribution in [1.82, 2.24) is 20.3 Å². The molecule has 0 bridgehead atoms. The number of fused-ring (bicyclic) bond motifs is 1. The number of nitrogens with one attached hydrogen (secondary N) is 1. The van der Waals surface area contributed by atoms with Gasteiger partial charge in [-0.2, -0.15) is 15.0 Å². The standard InChI is InChI=1S/C20H22N4O2/c1-14(2)24-22-17(20(23-24)16-6-4-3-5-7-16)12-21-11-15-8-9-18-19(10-15)26-13-25-18/h3-10,14,21H,11-13H2,1-2H3. The number of benzene rings is 2. The van der Waals surface area contributed by atoms with Gasteiger partial charge in [0.25, 0.3) is 0 Å². The lowest BCUT2D eigenvalue weighted by atomic mass is 10.1. The van der Waals surface area contributed by atoms with Crippen LogP contribution in [-0.4, -0.2) is 21.8 Å². The molecule has 0 radical (unpaired) electrons. The third-order valence-corrected chi connectivity index (χ3v) is 4.27. The number of rotatable bonds is 6. The SMILES string of the molecule is CC(C)n1nc(CNCc2ccc3c(c2)OCO3)c(-c2ccccc2)n1. The van der Waals surface area contributed by atoms with E-state index in [1.165, 1.54) is 0 Å². The van der Waals surface area contributed by atoms with E-state index >= 15 is 0 Å². The van der Waals surface area contributed by atoms with Gasteiger partial charge in [0.1, 0.15) is 11.4 Å². The fraction of sp³-hybridized carbons (Fsp3) is 0.300. The summed E-state index contributed by atoms with van der Waals surface area (Å²) in [5.74, 6) is 1.61. The molecule has 0 unspecified atom stereocenters. The maximum absolute atomic E-state index is 5.43. The Labute approximate surface area is 152 Å². The Morgan fingerprint density at radius 3 is 2.62 bits per heavy atom. The quantitative estimate of drug-likeness (QED) is 0.737. The highest BCUT2D eigenvalue weighted by Gasteiger charge is 2.15. The van der Waals surface area contributed by atoms with Crippen molar-refractivity contribution in [1.29, 1.82) is 0 Å². The van der Waals surface area contributed by atoms with Crippen molar-refractivity contribution >= 4 is 0 Å². The molecular weight excluding hydrogens is 328 g/mol. The summed E-state index contributed by atoms with van der Waals surface area (Å²) in [5.41, 5.74) is 4.11. The third kappa shape index (κ3) is 3.41. The molecule has 4 rings (SSSR count). The second-order valence-electron chi connectivity index (χ2n) is 6.57. The van der Waals surface area contributed by atoms with Crippen molar-refractivity contribution in [2.45, 2.75) is 33.0 Å². The van der Waals surface area contributed by atoms with E-state index in [1.807, 2.05) is 36.4 Å². The molecule has 0 amide bonds. The highest BCUT2D eigenvalue weighted by Crippen LogP contribution is 2.32. The molecule has 0 aliphatic carbocycles. The maximum atomic E-state index is 5.43. The first-order valence-corrected chi connectivity index (χ1v) is 8.81. The molecule has 0 spiro atoms. The van der Waals surface area contributed by atoms with E-state index in [2.05, 4.69) is 41.5 Å². The van der Waals surface area contributed by atoms with Crippen LogP contribution < -0.4 is 14.8 Å². The molecule has 6 nitrogen and oxygen atoms in total. The monoisotopic (exact) mass is 350 g/mol. The van der Waals surface area contributed by atoms with Crippen molar-refractivity contribution in [3.63, 3.8) is 0 Å². The van der Waals surface area contributed by atoms with E-state index in [4.69, 9.17) is 9.47 Å². The van der Waals surface area contributed by atoms with Gasteiger partial charge in [-0.3, -0.25) is 0 Å². The Hall–Kier alpha value is -2.86. The van der Waals surface area contributed by atoms with Gasteiger partial charge in [0, 0.05) is 18.7 Å². The van der Waals surface area contributed by atoms with Crippen LogP contribution in [0, 0.1) is 0 Å². The molecule has 26 heavy (non-hydrogen) atoms. The van der Waals surface area contributed by atoms with Crippen LogP contribution in [0.15, 0.2) is 48.5 Å².